The van der Waals surface area contributed by atoms with E-state index in [4.69, 9.17) is 24.4 Å². The number of fused-ring (bicyclic) bond motifs is 1. The lowest BCUT2D eigenvalue weighted by atomic mass is 9.89. The van der Waals surface area contributed by atoms with E-state index in [2.05, 4.69) is 10.3 Å². The number of oxazole rings is 1. The average molecular weight is 768 g/mol. The number of benzene rings is 3. The summed E-state index contributed by atoms with van der Waals surface area (Å²) in [6, 6.07) is 23.6. The van der Waals surface area contributed by atoms with Crippen LogP contribution in [0.25, 0.3) is 11.1 Å². The van der Waals surface area contributed by atoms with Crippen LogP contribution in [0.4, 0.5) is 9.59 Å². The van der Waals surface area contributed by atoms with Gasteiger partial charge >= 0.3 is 12.2 Å². The van der Waals surface area contributed by atoms with E-state index in [0.717, 1.165) is 11.1 Å². The van der Waals surface area contributed by atoms with Gasteiger partial charge in [0.25, 0.3) is 5.89 Å². The number of hydrogen-bond donors (Lipinski definition) is 2. The van der Waals surface area contributed by atoms with E-state index in [1.54, 1.807) is 24.3 Å². The smallest absolute Gasteiger partial charge is 0.410 e. The van der Waals surface area contributed by atoms with Crippen LogP contribution in [-0.2, 0) is 36.8 Å². The molecule has 4 atom stereocenters. The van der Waals surface area contributed by atoms with E-state index in [1.165, 1.54) is 9.80 Å². The largest absolute Gasteiger partial charge is 0.445 e. The minimum Gasteiger partial charge on any atom is -0.445 e. The molecular weight excluding hydrogens is 718 g/mol. The monoisotopic (exact) mass is 767 g/mol. The van der Waals surface area contributed by atoms with Gasteiger partial charge in [-0.2, -0.15) is 0 Å². The molecule has 2 aliphatic heterocycles. The second kappa shape index (κ2) is 19.8. The number of ether oxygens (including phenoxy) is 3. The number of carbonyl (C=O) groups excluding carboxylic acids is 5. The van der Waals surface area contributed by atoms with Gasteiger partial charge in [0.05, 0.1) is 25.8 Å². The Morgan fingerprint density at radius 2 is 1.57 bits per heavy atom. The van der Waals surface area contributed by atoms with Crippen molar-refractivity contribution in [3.8, 4) is 0 Å². The van der Waals surface area contributed by atoms with Crippen LogP contribution in [0.2, 0.25) is 0 Å². The zero-order valence-electron chi connectivity index (χ0n) is 31.4. The average Bonchev–Trinajstić information content (AvgIpc) is 3.87. The number of morpholine rings is 1. The third-order valence-corrected chi connectivity index (χ3v) is 10.2. The third-order valence-electron chi connectivity index (χ3n) is 10.2. The quantitative estimate of drug-likeness (QED) is 0.108. The number of para-hydroxylation sites is 2. The minimum absolute atomic E-state index is 0.00365. The standard InChI is InChI=1S/C42H49N5O9/c43-20-10-9-15-31(38(49)39-44-33-16-7-8-17-37(33)56-39)25-36(48)35-26-32(55-42(52)46-21-23-53-24-22-46)27-47(35)40(50)34(19-18-29-11-3-1-4-12-29)45-41(51)54-28-30-13-5-2-6-14-30/h1-8,11-14,16-17,31-32,34-35H,9-10,15,18-28,43H2,(H,45,51)/t31-,32-,34-,35+/m1/s1. The number of ketones is 2. The molecule has 6 rings (SSSR count). The maximum absolute atomic E-state index is 14.6. The molecule has 296 valence electrons. The van der Waals surface area contributed by atoms with Crippen molar-refractivity contribution in [3.63, 3.8) is 0 Å². The number of amides is 3. The molecule has 0 unspecified atom stereocenters. The predicted octanol–water partition coefficient (Wildman–Crippen LogP) is 5.08. The zero-order valence-corrected chi connectivity index (χ0v) is 31.4. The molecule has 0 radical (unpaired) electrons. The molecule has 2 aliphatic rings. The summed E-state index contributed by atoms with van der Waals surface area (Å²) in [7, 11) is 0. The van der Waals surface area contributed by atoms with Crippen molar-refractivity contribution < 1.29 is 42.6 Å². The number of likely N-dealkylation sites (tertiary alicyclic amines) is 1. The number of unbranched alkanes of at least 4 members (excludes halogenated alkanes) is 1. The summed E-state index contributed by atoms with van der Waals surface area (Å²) < 4.78 is 22.6. The summed E-state index contributed by atoms with van der Waals surface area (Å²) in [5, 5.41) is 2.75. The van der Waals surface area contributed by atoms with Gasteiger partial charge in [0.2, 0.25) is 11.7 Å². The Hall–Kier alpha value is -5.60. The fraction of sp³-hybridized carbons (Fsp3) is 0.429. The van der Waals surface area contributed by atoms with Crippen molar-refractivity contribution in [1.29, 1.82) is 0 Å². The Morgan fingerprint density at radius 3 is 2.29 bits per heavy atom. The Labute approximate surface area is 325 Å². The van der Waals surface area contributed by atoms with Gasteiger partial charge in [0, 0.05) is 31.8 Å². The second-order valence-electron chi connectivity index (χ2n) is 14.1. The molecular formula is C42H49N5O9. The summed E-state index contributed by atoms with van der Waals surface area (Å²) in [5.41, 5.74) is 8.48. The summed E-state index contributed by atoms with van der Waals surface area (Å²) in [6.45, 7) is 1.80. The van der Waals surface area contributed by atoms with Crippen molar-refractivity contribution in [2.75, 3.05) is 39.4 Å². The first-order valence-electron chi connectivity index (χ1n) is 19.3. The summed E-state index contributed by atoms with van der Waals surface area (Å²) in [6.07, 6.45) is -0.111. The number of carbonyl (C=O) groups is 5. The SMILES string of the molecule is NCCCC[C@H](CC(=O)[C@@H]1C[C@@H](OC(=O)N2CCOCC2)CN1C(=O)[C@@H](CCc1ccccc1)NC(=O)OCc1ccccc1)C(=O)c1nc2ccccc2o1. The molecule has 3 heterocycles. The third kappa shape index (κ3) is 10.8. The molecule has 0 aliphatic carbocycles. The Morgan fingerprint density at radius 1 is 0.875 bits per heavy atom. The minimum atomic E-state index is -1.08. The van der Waals surface area contributed by atoms with E-state index >= 15 is 0 Å². The molecule has 0 saturated carbocycles. The molecule has 2 saturated heterocycles. The van der Waals surface area contributed by atoms with Crippen molar-refractivity contribution in [3.05, 3.63) is 102 Å². The summed E-state index contributed by atoms with van der Waals surface area (Å²) >= 11 is 0. The second-order valence-corrected chi connectivity index (χ2v) is 14.1. The van der Waals surface area contributed by atoms with E-state index in [9.17, 15) is 24.0 Å². The first-order chi connectivity index (χ1) is 27.3. The maximum Gasteiger partial charge on any atom is 0.410 e. The van der Waals surface area contributed by atoms with Gasteiger partial charge in [-0.3, -0.25) is 14.4 Å². The van der Waals surface area contributed by atoms with Gasteiger partial charge in [-0.1, -0.05) is 79.2 Å². The summed E-state index contributed by atoms with van der Waals surface area (Å²) in [4.78, 5) is 76.6. The molecule has 3 amide bonds. The van der Waals surface area contributed by atoms with Crippen LogP contribution in [0.1, 0.15) is 60.3 Å². The van der Waals surface area contributed by atoms with E-state index in [1.807, 2.05) is 60.7 Å². The van der Waals surface area contributed by atoms with Crippen LogP contribution in [0.15, 0.2) is 89.3 Å². The Bertz CT molecular complexity index is 1900. The molecule has 0 spiro atoms. The summed E-state index contributed by atoms with van der Waals surface area (Å²) in [5.74, 6) is -2.20. The number of rotatable bonds is 17. The van der Waals surface area contributed by atoms with Gasteiger partial charge in [-0.15, -0.1) is 0 Å². The molecule has 0 bridgehead atoms. The van der Waals surface area contributed by atoms with E-state index in [-0.39, 0.29) is 44.1 Å². The fourth-order valence-electron chi connectivity index (χ4n) is 7.11. The number of aromatic nitrogens is 1. The number of nitrogens with one attached hydrogen (secondary N) is 1. The van der Waals surface area contributed by atoms with Gasteiger partial charge in [0.1, 0.15) is 24.3 Å². The van der Waals surface area contributed by atoms with Crippen LogP contribution in [0, 0.1) is 5.92 Å². The van der Waals surface area contributed by atoms with Crippen molar-refractivity contribution in [2.24, 2.45) is 11.7 Å². The first kappa shape index (κ1) is 40.1. The van der Waals surface area contributed by atoms with Crippen LogP contribution in [0.5, 0.6) is 0 Å². The lowest BCUT2D eigenvalue weighted by molar-refractivity contribution is -0.139. The molecule has 3 N–H and O–H groups in total. The predicted molar refractivity (Wildman–Crippen MR) is 205 cm³/mol. The normalized spacial score (nSPS) is 17.9. The number of nitrogens with two attached hydrogens (primary N) is 1. The number of alkyl carbamates (subject to hydrolysis) is 1. The van der Waals surface area contributed by atoms with Crippen LogP contribution in [-0.4, -0.2) is 102 Å². The van der Waals surface area contributed by atoms with Gasteiger partial charge < -0.3 is 39.5 Å². The van der Waals surface area contributed by atoms with Crippen molar-refractivity contribution >= 4 is 40.8 Å². The first-order valence-corrected chi connectivity index (χ1v) is 19.3. The molecule has 14 nitrogen and oxygen atoms in total. The van der Waals surface area contributed by atoms with Crippen molar-refractivity contribution in [1.82, 2.24) is 20.1 Å². The molecule has 2 fully saturated rings. The number of nitrogens with zero attached hydrogens (tertiary/aromatic N) is 3. The van der Waals surface area contributed by atoms with E-state index in [0.29, 0.717) is 69.6 Å². The highest BCUT2D eigenvalue weighted by atomic mass is 16.6. The fourth-order valence-corrected chi connectivity index (χ4v) is 7.11. The lowest BCUT2D eigenvalue weighted by Gasteiger charge is -2.29. The molecule has 1 aromatic heterocycles. The zero-order chi connectivity index (χ0) is 39.3. The highest BCUT2D eigenvalue weighted by Crippen LogP contribution is 2.29. The lowest BCUT2D eigenvalue weighted by Crippen LogP contribution is -2.52. The number of aryl methyl sites for hydroxylation is 1. The van der Waals surface area contributed by atoms with Gasteiger partial charge in [-0.25, -0.2) is 14.6 Å². The highest BCUT2D eigenvalue weighted by molar-refractivity contribution is 6.00. The Balaban J connectivity index is 1.23. The molecule has 4 aromatic rings. The maximum atomic E-state index is 14.6. The molecule has 3 aromatic carbocycles. The van der Waals surface area contributed by atoms with Crippen LogP contribution < -0.4 is 11.1 Å². The topological polar surface area (TPSA) is 184 Å². The van der Waals surface area contributed by atoms with Crippen molar-refractivity contribution in [2.45, 2.75) is 69.7 Å². The number of Topliss-reactive ketones (excluding diaryl/α,β-unsaturated/α-hetero) is 2. The molecule has 14 heteroatoms. The van der Waals surface area contributed by atoms with Crippen LogP contribution in [0.3, 0.4) is 0 Å². The Kier molecular flexibility index (Phi) is 14.2. The van der Waals surface area contributed by atoms with Gasteiger partial charge in [-0.05, 0) is 55.5 Å². The van der Waals surface area contributed by atoms with Gasteiger partial charge in [0.15, 0.2) is 11.4 Å². The number of hydrogen-bond acceptors (Lipinski definition) is 11. The van der Waals surface area contributed by atoms with Crippen LogP contribution >= 0.6 is 0 Å². The van der Waals surface area contributed by atoms with E-state index < -0.39 is 48.0 Å². The molecule has 56 heavy (non-hydrogen) atoms. The highest BCUT2D eigenvalue weighted by Gasteiger charge is 2.45.